The summed E-state index contributed by atoms with van der Waals surface area (Å²) in [5.41, 5.74) is 3.34. The molecule has 2 aliphatic rings. The average molecular weight is 383 g/mol. The Hall–Kier alpha value is -2.41. The maximum Gasteiger partial charge on any atom is 0.322 e. The summed E-state index contributed by atoms with van der Waals surface area (Å²) < 4.78 is 5.44. The van der Waals surface area contributed by atoms with E-state index in [-0.39, 0.29) is 6.03 Å². The zero-order valence-corrected chi connectivity index (χ0v) is 17.2. The highest BCUT2D eigenvalue weighted by atomic mass is 16.5. The minimum atomic E-state index is -0.188. The number of hydrogen-bond acceptors (Lipinski definition) is 5. The van der Waals surface area contributed by atoms with Crippen molar-refractivity contribution in [1.82, 2.24) is 19.9 Å². The standard InChI is InChI=1S/C21H29N5O2/c1-14-5-6-15(2)17(11-14)22-20(27)26(4)13-18-23-19(24-28-18)16-12-21(16)7-9-25(3)10-8-21/h5-6,11,16H,7-10,12-13H2,1-4H3,(H,22,27). The van der Waals surface area contributed by atoms with Crippen LogP contribution in [0.4, 0.5) is 10.5 Å². The fourth-order valence-electron chi connectivity index (χ4n) is 4.16. The molecule has 2 heterocycles. The van der Waals surface area contributed by atoms with Crippen molar-refractivity contribution in [2.75, 3.05) is 32.5 Å². The van der Waals surface area contributed by atoms with Crippen molar-refractivity contribution in [3.05, 3.63) is 41.0 Å². The Morgan fingerprint density at radius 2 is 2.11 bits per heavy atom. The highest BCUT2D eigenvalue weighted by molar-refractivity contribution is 5.90. The summed E-state index contributed by atoms with van der Waals surface area (Å²) in [5, 5.41) is 7.17. The van der Waals surface area contributed by atoms with Crippen LogP contribution >= 0.6 is 0 Å². The molecule has 1 spiro atoms. The molecule has 1 aliphatic carbocycles. The van der Waals surface area contributed by atoms with Crippen LogP contribution in [0.15, 0.2) is 22.7 Å². The number of hydrogen-bond donors (Lipinski definition) is 1. The minimum absolute atomic E-state index is 0.188. The number of amides is 2. The van der Waals surface area contributed by atoms with E-state index in [9.17, 15) is 4.79 Å². The van der Waals surface area contributed by atoms with Gasteiger partial charge in [0.2, 0.25) is 5.89 Å². The zero-order valence-electron chi connectivity index (χ0n) is 17.2. The lowest BCUT2D eigenvalue weighted by atomic mass is 9.91. The van der Waals surface area contributed by atoms with E-state index in [1.54, 1.807) is 11.9 Å². The molecule has 28 heavy (non-hydrogen) atoms. The molecule has 0 radical (unpaired) electrons. The second-order valence-electron chi connectivity index (χ2n) is 8.57. The number of nitrogens with zero attached hydrogens (tertiary/aromatic N) is 4. The van der Waals surface area contributed by atoms with Gasteiger partial charge < -0.3 is 19.6 Å². The SMILES string of the molecule is Cc1ccc(C)c(NC(=O)N(C)Cc2nc(C3CC34CCN(C)CC4)no2)c1. The van der Waals surface area contributed by atoms with E-state index in [0.717, 1.165) is 42.1 Å². The van der Waals surface area contributed by atoms with Gasteiger partial charge in [-0.05, 0) is 75.9 Å². The Kier molecular flexibility index (Phi) is 4.87. The van der Waals surface area contributed by atoms with Gasteiger partial charge in [-0.3, -0.25) is 0 Å². The second kappa shape index (κ2) is 7.20. The molecule has 1 aromatic carbocycles. The van der Waals surface area contributed by atoms with Crippen LogP contribution < -0.4 is 5.32 Å². The monoisotopic (exact) mass is 383 g/mol. The molecular weight excluding hydrogens is 354 g/mol. The van der Waals surface area contributed by atoms with Gasteiger partial charge in [0.25, 0.3) is 0 Å². The van der Waals surface area contributed by atoms with Crippen LogP contribution in [0, 0.1) is 19.3 Å². The molecular formula is C21H29N5O2. The maximum atomic E-state index is 12.5. The number of nitrogens with one attached hydrogen (secondary N) is 1. The van der Waals surface area contributed by atoms with Crippen LogP contribution in [-0.4, -0.2) is 53.2 Å². The van der Waals surface area contributed by atoms with Gasteiger partial charge in [-0.1, -0.05) is 17.3 Å². The lowest BCUT2D eigenvalue weighted by Crippen LogP contribution is -2.31. The third-order valence-electron chi connectivity index (χ3n) is 6.32. The van der Waals surface area contributed by atoms with Gasteiger partial charge in [-0.25, -0.2) is 4.79 Å². The van der Waals surface area contributed by atoms with Gasteiger partial charge in [-0.15, -0.1) is 0 Å². The molecule has 1 aromatic heterocycles. The molecule has 0 bridgehead atoms. The third kappa shape index (κ3) is 3.76. The number of aryl methyl sites for hydroxylation is 2. The first-order chi connectivity index (χ1) is 13.4. The van der Waals surface area contributed by atoms with Gasteiger partial charge in [0.1, 0.15) is 6.54 Å². The van der Waals surface area contributed by atoms with Crippen LogP contribution in [0.1, 0.15) is 48.0 Å². The lowest BCUT2D eigenvalue weighted by molar-refractivity contribution is 0.199. The Bertz CT molecular complexity index is 869. The molecule has 1 atom stereocenters. The molecule has 7 heteroatoms. The number of aromatic nitrogens is 2. The third-order valence-corrected chi connectivity index (χ3v) is 6.32. The van der Waals surface area contributed by atoms with Crippen molar-refractivity contribution in [1.29, 1.82) is 0 Å². The first-order valence-electron chi connectivity index (χ1n) is 9.97. The molecule has 1 saturated heterocycles. The number of urea groups is 1. The molecule has 1 unspecified atom stereocenters. The maximum absolute atomic E-state index is 12.5. The molecule has 7 nitrogen and oxygen atoms in total. The molecule has 150 valence electrons. The Morgan fingerprint density at radius 3 is 2.86 bits per heavy atom. The second-order valence-corrected chi connectivity index (χ2v) is 8.57. The van der Waals surface area contributed by atoms with E-state index in [4.69, 9.17) is 4.52 Å². The molecule has 2 fully saturated rings. The first kappa shape index (κ1) is 18.9. The molecule has 1 aliphatic heterocycles. The quantitative estimate of drug-likeness (QED) is 0.874. The van der Waals surface area contributed by atoms with Crippen LogP contribution in [0.25, 0.3) is 0 Å². The highest BCUT2D eigenvalue weighted by Gasteiger charge is 2.57. The zero-order chi connectivity index (χ0) is 19.9. The number of anilines is 1. The van der Waals surface area contributed by atoms with Gasteiger partial charge in [0.05, 0.1) is 0 Å². The fraction of sp³-hybridized carbons (Fsp3) is 0.571. The van der Waals surface area contributed by atoms with Gasteiger partial charge in [0, 0.05) is 18.7 Å². The summed E-state index contributed by atoms with van der Waals surface area (Å²) in [5.74, 6) is 1.71. The summed E-state index contributed by atoms with van der Waals surface area (Å²) in [6, 6.07) is 5.82. The lowest BCUT2D eigenvalue weighted by Gasteiger charge is -2.29. The summed E-state index contributed by atoms with van der Waals surface area (Å²) in [6.07, 6.45) is 3.56. The van der Waals surface area contributed by atoms with Crippen molar-refractivity contribution in [2.45, 2.75) is 45.6 Å². The number of carbonyl (C=O) groups excluding carboxylic acids is 1. The smallest absolute Gasteiger partial charge is 0.322 e. The van der Waals surface area contributed by atoms with Gasteiger partial charge >= 0.3 is 6.03 Å². The van der Waals surface area contributed by atoms with Crippen LogP contribution in [0.5, 0.6) is 0 Å². The topological polar surface area (TPSA) is 74.5 Å². The number of benzene rings is 1. The predicted molar refractivity (Wildman–Crippen MR) is 107 cm³/mol. The Balaban J connectivity index is 1.35. The number of likely N-dealkylation sites (tertiary alicyclic amines) is 1. The first-order valence-corrected chi connectivity index (χ1v) is 9.97. The summed E-state index contributed by atoms with van der Waals surface area (Å²) in [7, 11) is 3.91. The van der Waals surface area contributed by atoms with E-state index in [0.29, 0.717) is 23.8 Å². The van der Waals surface area contributed by atoms with Gasteiger partial charge in [-0.2, -0.15) is 4.98 Å². The average Bonchev–Trinajstić information content (AvgIpc) is 3.17. The van der Waals surface area contributed by atoms with Crippen molar-refractivity contribution in [3.63, 3.8) is 0 Å². The van der Waals surface area contributed by atoms with Crippen molar-refractivity contribution < 1.29 is 9.32 Å². The van der Waals surface area contributed by atoms with Crippen molar-refractivity contribution >= 4 is 11.7 Å². The van der Waals surface area contributed by atoms with Crippen LogP contribution in [-0.2, 0) is 6.54 Å². The van der Waals surface area contributed by atoms with Crippen LogP contribution in [0.3, 0.4) is 0 Å². The molecule has 1 N–H and O–H groups in total. The van der Waals surface area contributed by atoms with E-state index >= 15 is 0 Å². The van der Waals surface area contributed by atoms with Crippen molar-refractivity contribution in [2.24, 2.45) is 5.41 Å². The highest BCUT2D eigenvalue weighted by Crippen LogP contribution is 2.64. The van der Waals surface area contributed by atoms with E-state index < -0.39 is 0 Å². The van der Waals surface area contributed by atoms with E-state index in [1.165, 1.54) is 12.8 Å². The number of carbonyl (C=O) groups is 1. The Labute approximate surface area is 166 Å². The summed E-state index contributed by atoms with van der Waals surface area (Å²) in [6.45, 7) is 6.57. The normalized spacial score (nSPS) is 20.9. The molecule has 2 aromatic rings. The Morgan fingerprint density at radius 1 is 1.36 bits per heavy atom. The molecule has 2 amide bonds. The summed E-state index contributed by atoms with van der Waals surface area (Å²) >= 11 is 0. The fourth-order valence-corrected chi connectivity index (χ4v) is 4.16. The predicted octanol–water partition coefficient (Wildman–Crippen LogP) is 3.55. The van der Waals surface area contributed by atoms with Crippen molar-refractivity contribution in [3.8, 4) is 0 Å². The summed E-state index contributed by atoms with van der Waals surface area (Å²) in [4.78, 5) is 21.1. The van der Waals surface area contributed by atoms with Crippen LogP contribution in [0.2, 0.25) is 0 Å². The molecule has 1 saturated carbocycles. The minimum Gasteiger partial charge on any atom is -0.337 e. The number of rotatable bonds is 4. The largest absolute Gasteiger partial charge is 0.337 e. The van der Waals surface area contributed by atoms with E-state index in [1.807, 2.05) is 32.0 Å². The van der Waals surface area contributed by atoms with Gasteiger partial charge in [0.15, 0.2) is 5.82 Å². The molecule has 4 rings (SSSR count). The number of piperidine rings is 1. The van der Waals surface area contributed by atoms with E-state index in [2.05, 4.69) is 27.4 Å².